The van der Waals surface area contributed by atoms with Crippen molar-refractivity contribution >= 4 is 32.9 Å². The number of carbonyl (C=O) groups excluding carboxylic acids is 1. The normalized spacial score (nSPS) is 11.4. The second-order valence-electron chi connectivity index (χ2n) is 6.09. The van der Waals surface area contributed by atoms with Gasteiger partial charge in [-0.05, 0) is 35.0 Å². The molecule has 0 radical (unpaired) electrons. The predicted molar refractivity (Wildman–Crippen MR) is 109 cm³/mol. The van der Waals surface area contributed by atoms with Gasteiger partial charge in [0.15, 0.2) is 21.7 Å². The number of halogens is 1. The number of ether oxygens (including phenoxy) is 1. The highest BCUT2D eigenvalue weighted by Gasteiger charge is 2.21. The number of benzene rings is 1. The maximum Gasteiger partial charge on any atom is 0.332 e. The van der Waals surface area contributed by atoms with Crippen LogP contribution in [0.1, 0.15) is 17.3 Å². The van der Waals surface area contributed by atoms with E-state index in [9.17, 15) is 14.4 Å². The molecule has 3 aromatic rings. The zero-order chi connectivity index (χ0) is 20.4. The first-order chi connectivity index (χ1) is 13.4. The van der Waals surface area contributed by atoms with Crippen LogP contribution in [-0.4, -0.2) is 31.6 Å². The van der Waals surface area contributed by atoms with Crippen LogP contribution in [0.25, 0.3) is 11.2 Å². The SMILES string of the molecule is C/C=C/Cn1c(Br)nc2c1c(=O)n(CC(=O)c1ccccc1OC)c(=O)n2C. The molecule has 2 aromatic heterocycles. The number of aromatic nitrogens is 4. The predicted octanol–water partition coefficient (Wildman–Crippen LogP) is 2.13. The lowest BCUT2D eigenvalue weighted by molar-refractivity contribution is 0.0966. The van der Waals surface area contributed by atoms with Crippen molar-refractivity contribution in [2.45, 2.75) is 20.0 Å². The lowest BCUT2D eigenvalue weighted by Gasteiger charge is -2.10. The maximum absolute atomic E-state index is 13.1. The van der Waals surface area contributed by atoms with Gasteiger partial charge < -0.3 is 9.30 Å². The minimum atomic E-state index is -0.607. The van der Waals surface area contributed by atoms with Crippen LogP contribution >= 0.6 is 15.9 Å². The molecule has 1 aromatic carbocycles. The number of hydrogen-bond acceptors (Lipinski definition) is 5. The quantitative estimate of drug-likeness (QED) is 0.328. The van der Waals surface area contributed by atoms with Crippen molar-refractivity contribution in [3.8, 4) is 5.75 Å². The van der Waals surface area contributed by atoms with Crippen molar-refractivity contribution in [2.24, 2.45) is 7.05 Å². The van der Waals surface area contributed by atoms with Gasteiger partial charge in [-0.2, -0.15) is 0 Å². The van der Waals surface area contributed by atoms with Gasteiger partial charge in [-0.3, -0.25) is 18.7 Å². The molecule has 0 atom stereocenters. The van der Waals surface area contributed by atoms with E-state index in [4.69, 9.17) is 4.74 Å². The molecular formula is C19H19BrN4O4. The zero-order valence-electron chi connectivity index (χ0n) is 15.7. The van der Waals surface area contributed by atoms with E-state index in [0.717, 1.165) is 4.57 Å². The highest BCUT2D eigenvalue weighted by molar-refractivity contribution is 9.10. The first kappa shape index (κ1) is 19.8. The van der Waals surface area contributed by atoms with Crippen molar-refractivity contribution in [1.29, 1.82) is 0 Å². The first-order valence-corrected chi connectivity index (χ1v) is 9.33. The fourth-order valence-electron chi connectivity index (χ4n) is 2.97. The van der Waals surface area contributed by atoms with Gasteiger partial charge in [0.2, 0.25) is 0 Å². The molecule has 0 bridgehead atoms. The monoisotopic (exact) mass is 446 g/mol. The van der Waals surface area contributed by atoms with Crippen LogP contribution in [0.15, 0.2) is 50.7 Å². The molecule has 2 heterocycles. The van der Waals surface area contributed by atoms with Crippen LogP contribution in [0, 0.1) is 0 Å². The summed E-state index contributed by atoms with van der Waals surface area (Å²) in [5, 5.41) is 0. The molecule has 0 amide bonds. The number of fused-ring (bicyclic) bond motifs is 1. The summed E-state index contributed by atoms with van der Waals surface area (Å²) in [7, 11) is 2.98. The van der Waals surface area contributed by atoms with Crippen LogP contribution in [0.5, 0.6) is 5.75 Å². The molecular weight excluding hydrogens is 428 g/mol. The van der Waals surface area contributed by atoms with Crippen molar-refractivity contribution in [3.63, 3.8) is 0 Å². The molecule has 0 saturated heterocycles. The number of Topliss-reactive ketones (excluding diaryl/α,β-unsaturated/α-hetero) is 1. The number of allylic oxidation sites excluding steroid dienone is 2. The van der Waals surface area contributed by atoms with E-state index in [1.165, 1.54) is 18.7 Å². The number of nitrogens with zero attached hydrogens (tertiary/aromatic N) is 4. The van der Waals surface area contributed by atoms with Gasteiger partial charge in [0.05, 0.1) is 19.2 Å². The molecule has 3 rings (SSSR count). The number of methoxy groups -OCH3 is 1. The average Bonchev–Trinajstić information content (AvgIpc) is 3.04. The summed E-state index contributed by atoms with van der Waals surface area (Å²) in [4.78, 5) is 42.9. The highest BCUT2D eigenvalue weighted by Crippen LogP contribution is 2.19. The molecule has 8 nitrogen and oxygen atoms in total. The van der Waals surface area contributed by atoms with Gasteiger partial charge in [-0.1, -0.05) is 24.3 Å². The standard InChI is InChI=1S/C19H19BrN4O4/c1-4-5-10-23-15-16(21-18(23)20)22(2)19(27)24(17(15)26)11-13(25)12-8-6-7-9-14(12)28-3/h4-9H,10-11H2,1-3H3/b5-4+. The smallest absolute Gasteiger partial charge is 0.332 e. The Hall–Kier alpha value is -2.94. The summed E-state index contributed by atoms with van der Waals surface area (Å²) in [5.41, 5.74) is -0.358. The van der Waals surface area contributed by atoms with Crippen molar-refractivity contribution in [1.82, 2.24) is 18.7 Å². The highest BCUT2D eigenvalue weighted by atomic mass is 79.9. The van der Waals surface area contributed by atoms with Crippen LogP contribution < -0.4 is 16.0 Å². The fraction of sp³-hybridized carbons (Fsp3) is 0.263. The Morgan fingerprint density at radius 1 is 1.25 bits per heavy atom. The Balaban J connectivity index is 2.17. The lowest BCUT2D eigenvalue weighted by atomic mass is 10.1. The molecule has 28 heavy (non-hydrogen) atoms. The maximum atomic E-state index is 13.1. The molecule has 146 valence electrons. The van der Waals surface area contributed by atoms with Gasteiger partial charge in [0.1, 0.15) is 5.75 Å². The summed E-state index contributed by atoms with van der Waals surface area (Å²) in [5.74, 6) is -0.00564. The Morgan fingerprint density at radius 3 is 2.64 bits per heavy atom. The Morgan fingerprint density at radius 2 is 1.96 bits per heavy atom. The number of rotatable bonds is 6. The van der Waals surface area contributed by atoms with E-state index < -0.39 is 23.6 Å². The minimum Gasteiger partial charge on any atom is -0.496 e. The van der Waals surface area contributed by atoms with Crippen molar-refractivity contribution in [3.05, 3.63) is 67.6 Å². The summed E-state index contributed by atoms with van der Waals surface area (Å²) in [6.45, 7) is 1.88. The van der Waals surface area contributed by atoms with Gasteiger partial charge in [-0.15, -0.1) is 0 Å². The molecule has 0 unspecified atom stereocenters. The zero-order valence-corrected chi connectivity index (χ0v) is 17.3. The number of aryl methyl sites for hydroxylation is 1. The number of ketones is 1. The molecule has 0 aliphatic rings. The number of hydrogen-bond donors (Lipinski definition) is 0. The molecule has 0 aliphatic heterocycles. The Labute approximate surface area is 168 Å². The number of imidazole rings is 1. The Bertz CT molecular complexity index is 1200. The second-order valence-corrected chi connectivity index (χ2v) is 6.80. The van der Waals surface area contributed by atoms with E-state index >= 15 is 0 Å². The van der Waals surface area contributed by atoms with Crippen molar-refractivity contribution in [2.75, 3.05) is 7.11 Å². The van der Waals surface area contributed by atoms with Gasteiger partial charge >= 0.3 is 5.69 Å². The third-order valence-corrected chi connectivity index (χ3v) is 5.02. The number of carbonyl (C=O) groups is 1. The molecule has 0 aliphatic carbocycles. The van der Waals surface area contributed by atoms with Gasteiger partial charge in [0, 0.05) is 13.6 Å². The van der Waals surface area contributed by atoms with Gasteiger partial charge in [0.25, 0.3) is 5.56 Å². The number of para-hydroxylation sites is 1. The summed E-state index contributed by atoms with van der Waals surface area (Å²) in [6, 6.07) is 6.69. The molecule has 0 spiro atoms. The van der Waals surface area contributed by atoms with E-state index in [-0.39, 0.29) is 11.2 Å². The van der Waals surface area contributed by atoms with E-state index in [2.05, 4.69) is 20.9 Å². The van der Waals surface area contributed by atoms with Crippen LogP contribution in [0.2, 0.25) is 0 Å². The second kappa shape index (κ2) is 7.97. The first-order valence-electron chi connectivity index (χ1n) is 8.53. The lowest BCUT2D eigenvalue weighted by Crippen LogP contribution is -2.41. The van der Waals surface area contributed by atoms with Gasteiger partial charge in [-0.25, -0.2) is 9.78 Å². The van der Waals surface area contributed by atoms with E-state index in [0.29, 0.717) is 22.6 Å². The van der Waals surface area contributed by atoms with Crippen LogP contribution in [-0.2, 0) is 20.1 Å². The third kappa shape index (κ3) is 3.33. The van der Waals surface area contributed by atoms with Crippen molar-refractivity contribution < 1.29 is 9.53 Å². The molecule has 0 N–H and O–H groups in total. The third-order valence-electron chi connectivity index (χ3n) is 4.42. The molecule has 0 saturated carbocycles. The minimum absolute atomic E-state index is 0.250. The summed E-state index contributed by atoms with van der Waals surface area (Å²) in [6.07, 6.45) is 3.71. The Kier molecular flexibility index (Phi) is 5.64. The molecule has 9 heteroatoms. The molecule has 0 fully saturated rings. The summed E-state index contributed by atoms with van der Waals surface area (Å²) < 4.78 is 9.49. The van der Waals surface area contributed by atoms with E-state index in [1.807, 2.05) is 19.1 Å². The van der Waals surface area contributed by atoms with E-state index in [1.54, 1.807) is 28.8 Å². The largest absolute Gasteiger partial charge is 0.496 e. The topological polar surface area (TPSA) is 88.1 Å². The summed E-state index contributed by atoms with van der Waals surface area (Å²) >= 11 is 3.33. The van der Waals surface area contributed by atoms with Crippen LogP contribution in [0.3, 0.4) is 0 Å². The van der Waals surface area contributed by atoms with Crippen LogP contribution in [0.4, 0.5) is 0 Å². The average molecular weight is 447 g/mol. The fourth-order valence-corrected chi connectivity index (χ4v) is 3.46.